The van der Waals surface area contributed by atoms with E-state index in [1.807, 2.05) is 0 Å². The molecule has 1 aliphatic rings. The molecule has 0 radical (unpaired) electrons. The van der Waals surface area contributed by atoms with Crippen LogP contribution in [0.25, 0.3) is 0 Å². The zero-order chi connectivity index (χ0) is 14.3. The lowest BCUT2D eigenvalue weighted by atomic mass is 9.96. The average molecular weight is 379 g/mol. The van der Waals surface area contributed by atoms with E-state index in [4.69, 9.17) is 9.47 Å². The van der Waals surface area contributed by atoms with Gasteiger partial charge >= 0.3 is 11.8 Å². The first kappa shape index (κ1) is 18.4. The third kappa shape index (κ3) is 7.23. The Labute approximate surface area is 123 Å². The first-order valence-electron chi connectivity index (χ1n) is 5.78. The first-order valence-corrected chi connectivity index (χ1v) is 16.3. The molecule has 6 unspecified atom stereocenters. The molecule has 0 aromatic rings. The van der Waals surface area contributed by atoms with Crippen LogP contribution in [0.5, 0.6) is 0 Å². The summed E-state index contributed by atoms with van der Waals surface area (Å²) >= 11 is 0. The molecule has 0 aliphatic heterocycles. The molecule has 0 spiro atoms. The summed E-state index contributed by atoms with van der Waals surface area (Å²) < 4.78 is 10.2. The summed E-state index contributed by atoms with van der Waals surface area (Å²) in [7, 11) is 5.26. The Bertz CT molecular complexity index is 316. The van der Waals surface area contributed by atoms with Crippen LogP contribution in [-0.4, -0.2) is 24.5 Å². The summed E-state index contributed by atoms with van der Waals surface area (Å²) in [5, 5.41) is 2.92. The summed E-state index contributed by atoms with van der Waals surface area (Å²) in [6.07, 6.45) is 2.82. The van der Waals surface area contributed by atoms with Crippen LogP contribution in [0.15, 0.2) is 0 Å². The third-order valence-corrected chi connectivity index (χ3v) is 24.9. The lowest BCUT2D eigenvalue weighted by Gasteiger charge is -2.28. The number of rotatable bonds is 7. The number of amides is 1. The summed E-state index contributed by atoms with van der Waals surface area (Å²) in [6, 6.07) is 0. The molecule has 110 valence electrons. The second-order valence-electron chi connectivity index (χ2n) is 3.69. The van der Waals surface area contributed by atoms with Gasteiger partial charge in [0.2, 0.25) is 0 Å². The maximum absolute atomic E-state index is 11.7. The fraction of sp³-hybridized carbons (Fsp3) is 0.750. The van der Waals surface area contributed by atoms with E-state index in [1.54, 1.807) is 6.92 Å². The predicted molar refractivity (Wildman–Crippen MR) is 94.2 cm³/mol. The second kappa shape index (κ2) is 10.1. The van der Waals surface area contributed by atoms with Crippen LogP contribution >= 0.6 is 48.5 Å². The lowest BCUT2D eigenvalue weighted by Crippen LogP contribution is -2.29. The molecule has 19 heavy (non-hydrogen) atoms. The van der Waals surface area contributed by atoms with Gasteiger partial charge in [0.1, 0.15) is 6.10 Å². The van der Waals surface area contributed by atoms with Gasteiger partial charge in [0.15, 0.2) is 0 Å². The SMILES string of the molecule is CCOC(=O)PP(P)P(NC(=O)OC1CCC1)PP. The molecule has 1 N–H and O–H groups in total. The Morgan fingerprint density at radius 1 is 1.47 bits per heavy atom. The molecule has 0 aromatic heterocycles. The highest BCUT2D eigenvalue weighted by Gasteiger charge is 2.25. The minimum absolute atomic E-state index is 0.0907. The molecule has 11 heteroatoms. The van der Waals surface area contributed by atoms with E-state index in [1.165, 1.54) is 0 Å². The number of carbonyl (C=O) groups is 2. The standard InChI is InChI=1S/C8H19NO4P6/c1-2-12-8(11)16-19(15)18(17-14)9-7(10)13-6-4-3-5-6/h6,16-17H,2-5,14-15H2,1H3,(H,9,10). The van der Waals surface area contributed by atoms with Gasteiger partial charge in [0.25, 0.3) is 0 Å². The van der Waals surface area contributed by atoms with Gasteiger partial charge < -0.3 is 9.47 Å². The Morgan fingerprint density at radius 2 is 2.16 bits per heavy atom. The number of nitrogens with one attached hydrogen (secondary N) is 1. The third-order valence-electron chi connectivity index (χ3n) is 2.34. The van der Waals surface area contributed by atoms with E-state index in [0.29, 0.717) is 14.6 Å². The monoisotopic (exact) mass is 379 g/mol. The van der Waals surface area contributed by atoms with Crippen LogP contribution in [0.1, 0.15) is 26.2 Å². The molecule has 5 nitrogen and oxygen atoms in total. The number of carbonyl (C=O) groups excluding carboxylic acids is 2. The van der Waals surface area contributed by atoms with Crippen molar-refractivity contribution in [2.75, 3.05) is 6.61 Å². The minimum Gasteiger partial charge on any atom is -0.463 e. The Hall–Kier alpha value is 1.32. The van der Waals surface area contributed by atoms with Crippen molar-refractivity contribution in [3.05, 3.63) is 0 Å². The van der Waals surface area contributed by atoms with Crippen LogP contribution in [-0.2, 0) is 9.47 Å². The fourth-order valence-corrected chi connectivity index (χ4v) is 24.7. The predicted octanol–water partition coefficient (Wildman–Crippen LogP) is 4.98. The largest absolute Gasteiger partial charge is 0.463 e. The summed E-state index contributed by atoms with van der Waals surface area (Å²) in [5.74, 6) is 0. The maximum Gasteiger partial charge on any atom is 0.411 e. The topological polar surface area (TPSA) is 64.6 Å². The van der Waals surface area contributed by atoms with Crippen molar-refractivity contribution in [2.24, 2.45) is 0 Å². The van der Waals surface area contributed by atoms with E-state index in [-0.39, 0.29) is 26.2 Å². The molecule has 6 atom stereocenters. The van der Waals surface area contributed by atoms with Gasteiger partial charge in [-0.2, -0.15) is 0 Å². The lowest BCUT2D eigenvalue weighted by molar-refractivity contribution is 0.0567. The highest BCUT2D eigenvalue weighted by atomic mass is 32.9. The van der Waals surface area contributed by atoms with E-state index in [2.05, 4.69) is 22.9 Å². The Balaban J connectivity index is 2.33. The zero-order valence-corrected chi connectivity index (χ0v) is 16.7. The molecule has 0 heterocycles. The first-order chi connectivity index (χ1) is 9.06. The van der Waals surface area contributed by atoms with Gasteiger partial charge in [-0.3, -0.25) is 5.09 Å². The molecule has 0 saturated heterocycles. The molecule has 1 fully saturated rings. The van der Waals surface area contributed by atoms with E-state index >= 15 is 0 Å². The van der Waals surface area contributed by atoms with Gasteiger partial charge in [0, 0.05) is 8.27 Å². The second-order valence-corrected chi connectivity index (χ2v) is 21.8. The van der Waals surface area contributed by atoms with Crippen LogP contribution in [0, 0.1) is 0 Å². The number of hydrogen-bond acceptors (Lipinski definition) is 4. The highest BCUT2D eigenvalue weighted by molar-refractivity contribution is 8.90. The molecular formula is C8H19NO4P6. The molecule has 1 aliphatic carbocycles. The molecule has 1 amide bonds. The molecule has 1 rings (SSSR count). The Morgan fingerprint density at radius 3 is 2.63 bits per heavy atom. The molecule has 0 aromatic carbocycles. The average Bonchev–Trinajstić information content (AvgIpc) is 2.31. The van der Waals surface area contributed by atoms with E-state index in [0.717, 1.165) is 19.3 Å². The normalized spacial score (nSPS) is 19.3. The van der Waals surface area contributed by atoms with Gasteiger partial charge in [-0.15, -0.1) is 8.93 Å². The van der Waals surface area contributed by atoms with Crippen molar-refractivity contribution in [3.8, 4) is 0 Å². The quantitative estimate of drug-likeness (QED) is 0.634. The smallest absolute Gasteiger partial charge is 0.411 e. The van der Waals surface area contributed by atoms with Crippen LogP contribution in [0.3, 0.4) is 0 Å². The van der Waals surface area contributed by atoms with Crippen LogP contribution < -0.4 is 5.09 Å². The van der Waals surface area contributed by atoms with Gasteiger partial charge in [-0.05, 0) is 33.2 Å². The summed E-state index contributed by atoms with van der Waals surface area (Å²) in [4.78, 5) is 23.1. The fourth-order valence-electron chi connectivity index (χ4n) is 1.21. The number of ether oxygens (including phenoxy) is 2. The maximum atomic E-state index is 11.7. The zero-order valence-electron chi connectivity index (χ0n) is 10.6. The number of hydrogen-bond donors (Lipinski definition) is 1. The van der Waals surface area contributed by atoms with Gasteiger partial charge in [-0.25, -0.2) is 9.59 Å². The van der Waals surface area contributed by atoms with Gasteiger partial charge in [-0.1, -0.05) is 16.9 Å². The minimum atomic E-state index is -0.708. The van der Waals surface area contributed by atoms with Crippen LogP contribution in [0.2, 0.25) is 0 Å². The van der Waals surface area contributed by atoms with E-state index < -0.39 is 14.4 Å². The van der Waals surface area contributed by atoms with Crippen molar-refractivity contribution in [1.82, 2.24) is 5.09 Å². The molecule has 1 saturated carbocycles. The summed E-state index contributed by atoms with van der Waals surface area (Å²) in [5.41, 5.74) is -0.173. The van der Waals surface area contributed by atoms with Crippen molar-refractivity contribution >= 4 is 60.3 Å². The van der Waals surface area contributed by atoms with Gasteiger partial charge in [0.05, 0.1) is 14.1 Å². The van der Waals surface area contributed by atoms with Crippen molar-refractivity contribution in [2.45, 2.75) is 32.3 Å². The van der Waals surface area contributed by atoms with E-state index in [9.17, 15) is 9.59 Å². The molecule has 0 bridgehead atoms. The van der Waals surface area contributed by atoms with Crippen molar-refractivity contribution in [1.29, 1.82) is 0 Å². The van der Waals surface area contributed by atoms with Crippen molar-refractivity contribution in [3.63, 3.8) is 0 Å². The highest BCUT2D eigenvalue weighted by Crippen LogP contribution is 2.90. The van der Waals surface area contributed by atoms with Crippen LogP contribution in [0.4, 0.5) is 9.59 Å². The molecular weight excluding hydrogens is 360 g/mol. The van der Waals surface area contributed by atoms with Crippen molar-refractivity contribution < 1.29 is 19.1 Å². The Kier molecular flexibility index (Phi) is 9.78. The summed E-state index contributed by atoms with van der Waals surface area (Å²) in [6.45, 7) is 1.57.